The Morgan fingerprint density at radius 2 is 1.79 bits per heavy atom. The molecule has 0 fully saturated rings. The Bertz CT molecular complexity index is 1250. The van der Waals surface area contributed by atoms with Crippen molar-refractivity contribution in [2.45, 2.75) is 6.92 Å². The second kappa shape index (κ2) is 7.12. The van der Waals surface area contributed by atoms with Crippen LogP contribution in [0, 0.1) is 0 Å². The number of fused-ring (bicyclic) bond motifs is 1. The van der Waals surface area contributed by atoms with E-state index in [4.69, 9.17) is 4.42 Å². The Kier molecular flexibility index (Phi) is 4.48. The Balaban J connectivity index is 1.73. The van der Waals surface area contributed by atoms with Crippen molar-refractivity contribution in [2.75, 3.05) is 5.32 Å². The first-order valence-corrected chi connectivity index (χ1v) is 8.79. The van der Waals surface area contributed by atoms with Crippen LogP contribution in [0.25, 0.3) is 22.2 Å². The number of amides is 1. The number of hydrogen-bond donors (Lipinski definition) is 2. The highest BCUT2D eigenvalue weighted by Gasteiger charge is 2.20. The SMILES string of the molecule is CC(=O)n1cc(C(=O)Nc2ccc(-c3ccco3)cc2C(=O)O)c2ccccc21. The van der Waals surface area contributed by atoms with E-state index in [0.29, 0.717) is 22.2 Å². The lowest BCUT2D eigenvalue weighted by atomic mass is 10.1. The molecule has 144 valence electrons. The third-order valence-corrected chi connectivity index (χ3v) is 4.60. The van der Waals surface area contributed by atoms with Gasteiger partial charge in [0.05, 0.1) is 28.6 Å². The molecule has 2 N–H and O–H groups in total. The molecule has 0 atom stereocenters. The van der Waals surface area contributed by atoms with Crippen LogP contribution < -0.4 is 5.32 Å². The van der Waals surface area contributed by atoms with Crippen LogP contribution in [0.2, 0.25) is 0 Å². The zero-order chi connectivity index (χ0) is 20.5. The van der Waals surface area contributed by atoms with Crippen molar-refractivity contribution in [3.8, 4) is 11.3 Å². The summed E-state index contributed by atoms with van der Waals surface area (Å²) in [5, 5.41) is 12.8. The molecule has 7 heteroatoms. The molecule has 7 nitrogen and oxygen atoms in total. The number of nitrogens with one attached hydrogen (secondary N) is 1. The quantitative estimate of drug-likeness (QED) is 0.535. The highest BCUT2D eigenvalue weighted by Crippen LogP contribution is 2.27. The number of furan rings is 1. The first kappa shape index (κ1) is 18.2. The van der Waals surface area contributed by atoms with Gasteiger partial charge in [0, 0.05) is 24.1 Å². The Morgan fingerprint density at radius 1 is 1.00 bits per heavy atom. The summed E-state index contributed by atoms with van der Waals surface area (Å²) in [7, 11) is 0. The van der Waals surface area contributed by atoms with E-state index in [2.05, 4.69) is 5.32 Å². The lowest BCUT2D eigenvalue weighted by Crippen LogP contribution is -2.15. The van der Waals surface area contributed by atoms with Crippen molar-refractivity contribution in [1.82, 2.24) is 4.57 Å². The highest BCUT2D eigenvalue weighted by atomic mass is 16.4. The predicted octanol–water partition coefficient (Wildman–Crippen LogP) is 4.51. The molecule has 2 aromatic carbocycles. The van der Waals surface area contributed by atoms with E-state index < -0.39 is 11.9 Å². The standard InChI is InChI=1S/C22H16N2O5/c1-13(25)24-12-17(15-5-2-3-6-19(15)24)21(26)23-18-9-8-14(11-16(18)22(27)28)20-7-4-10-29-20/h2-12H,1H3,(H,23,26)(H,27,28). The molecule has 0 unspecified atom stereocenters. The molecule has 1 amide bonds. The third kappa shape index (κ3) is 3.29. The zero-order valence-electron chi connectivity index (χ0n) is 15.4. The van der Waals surface area contributed by atoms with E-state index >= 15 is 0 Å². The van der Waals surface area contributed by atoms with Crippen LogP contribution in [-0.2, 0) is 0 Å². The van der Waals surface area contributed by atoms with Crippen LogP contribution in [0.1, 0.15) is 32.4 Å². The number of aromatic nitrogens is 1. The monoisotopic (exact) mass is 388 g/mol. The van der Waals surface area contributed by atoms with Crippen molar-refractivity contribution >= 4 is 34.4 Å². The first-order valence-electron chi connectivity index (χ1n) is 8.79. The molecule has 0 radical (unpaired) electrons. The van der Waals surface area contributed by atoms with Crippen molar-refractivity contribution in [1.29, 1.82) is 0 Å². The number of benzene rings is 2. The maximum Gasteiger partial charge on any atom is 0.337 e. The van der Waals surface area contributed by atoms with Crippen LogP contribution in [0.5, 0.6) is 0 Å². The van der Waals surface area contributed by atoms with Gasteiger partial charge in [-0.15, -0.1) is 0 Å². The molecule has 2 aromatic heterocycles. The van der Waals surface area contributed by atoms with Gasteiger partial charge in [0.2, 0.25) is 5.91 Å². The van der Waals surface area contributed by atoms with E-state index in [1.54, 1.807) is 42.5 Å². The number of nitrogens with zero attached hydrogens (tertiary/aromatic N) is 1. The van der Waals surface area contributed by atoms with E-state index in [1.807, 2.05) is 0 Å². The molecule has 0 spiro atoms. The molecule has 0 saturated heterocycles. The number of aromatic carboxylic acids is 1. The number of carboxylic acids is 1. The average molecular weight is 388 g/mol. The van der Waals surface area contributed by atoms with Crippen LogP contribution in [0.15, 0.2) is 71.5 Å². The van der Waals surface area contributed by atoms with E-state index in [-0.39, 0.29) is 22.7 Å². The average Bonchev–Trinajstić information content (AvgIpc) is 3.36. The lowest BCUT2D eigenvalue weighted by Gasteiger charge is -2.09. The Morgan fingerprint density at radius 3 is 2.48 bits per heavy atom. The molecule has 0 aliphatic carbocycles. The fourth-order valence-electron chi connectivity index (χ4n) is 3.24. The fraction of sp³-hybridized carbons (Fsp3) is 0.0455. The largest absolute Gasteiger partial charge is 0.478 e. The molecule has 0 aliphatic rings. The molecule has 29 heavy (non-hydrogen) atoms. The first-order chi connectivity index (χ1) is 14.0. The smallest absolute Gasteiger partial charge is 0.337 e. The predicted molar refractivity (Wildman–Crippen MR) is 107 cm³/mol. The second-order valence-electron chi connectivity index (χ2n) is 6.45. The van der Waals surface area contributed by atoms with Crippen LogP contribution in [0.3, 0.4) is 0 Å². The lowest BCUT2D eigenvalue weighted by molar-refractivity contribution is 0.0697. The number of carbonyl (C=O) groups excluding carboxylic acids is 2. The molecule has 0 aliphatic heterocycles. The van der Waals surface area contributed by atoms with Crippen LogP contribution in [-0.4, -0.2) is 27.5 Å². The minimum absolute atomic E-state index is 0.0671. The van der Waals surface area contributed by atoms with Crippen LogP contribution >= 0.6 is 0 Å². The molecule has 4 rings (SSSR count). The van der Waals surface area contributed by atoms with Crippen molar-refractivity contribution in [3.05, 3.63) is 78.2 Å². The normalized spacial score (nSPS) is 10.8. The number of hydrogen-bond acceptors (Lipinski definition) is 4. The van der Waals surface area contributed by atoms with E-state index in [1.165, 1.54) is 36.1 Å². The van der Waals surface area contributed by atoms with E-state index in [9.17, 15) is 19.5 Å². The number of rotatable bonds is 4. The summed E-state index contributed by atoms with van der Waals surface area (Å²) < 4.78 is 6.69. The zero-order valence-corrected chi connectivity index (χ0v) is 15.4. The van der Waals surface area contributed by atoms with Gasteiger partial charge in [0.1, 0.15) is 5.76 Å². The number of para-hydroxylation sites is 1. The van der Waals surface area contributed by atoms with Gasteiger partial charge in [-0.1, -0.05) is 18.2 Å². The van der Waals surface area contributed by atoms with Crippen molar-refractivity contribution in [3.63, 3.8) is 0 Å². The summed E-state index contributed by atoms with van der Waals surface area (Å²) in [5.74, 6) is -1.39. The number of anilines is 1. The molecular weight excluding hydrogens is 372 g/mol. The molecule has 4 aromatic rings. The van der Waals surface area contributed by atoms with Gasteiger partial charge in [0.15, 0.2) is 0 Å². The summed E-state index contributed by atoms with van der Waals surface area (Å²) >= 11 is 0. The number of carboxylic acid groups (broad SMARTS) is 1. The maximum absolute atomic E-state index is 12.9. The maximum atomic E-state index is 12.9. The molecule has 2 heterocycles. The summed E-state index contributed by atoms with van der Waals surface area (Å²) in [6.45, 7) is 1.41. The summed E-state index contributed by atoms with van der Waals surface area (Å²) in [6.07, 6.45) is 2.95. The van der Waals surface area contributed by atoms with E-state index in [0.717, 1.165) is 0 Å². The third-order valence-electron chi connectivity index (χ3n) is 4.60. The highest BCUT2D eigenvalue weighted by molar-refractivity contribution is 6.15. The van der Waals surface area contributed by atoms with Gasteiger partial charge >= 0.3 is 5.97 Å². The fourth-order valence-corrected chi connectivity index (χ4v) is 3.24. The topological polar surface area (TPSA) is 102 Å². The summed E-state index contributed by atoms with van der Waals surface area (Å²) in [6, 6.07) is 15.1. The summed E-state index contributed by atoms with van der Waals surface area (Å²) in [5.41, 5.74) is 1.55. The minimum Gasteiger partial charge on any atom is -0.478 e. The van der Waals surface area contributed by atoms with Gasteiger partial charge < -0.3 is 14.8 Å². The Labute approximate surface area is 165 Å². The van der Waals surface area contributed by atoms with Gasteiger partial charge in [-0.3, -0.25) is 14.2 Å². The molecule has 0 bridgehead atoms. The second-order valence-corrected chi connectivity index (χ2v) is 6.45. The van der Waals surface area contributed by atoms with Gasteiger partial charge in [-0.2, -0.15) is 0 Å². The molecule has 0 saturated carbocycles. The van der Waals surface area contributed by atoms with Crippen LogP contribution in [0.4, 0.5) is 5.69 Å². The summed E-state index contributed by atoms with van der Waals surface area (Å²) in [4.78, 5) is 36.5. The van der Waals surface area contributed by atoms with Crippen molar-refractivity contribution < 1.29 is 23.9 Å². The van der Waals surface area contributed by atoms with Gasteiger partial charge in [0.25, 0.3) is 5.91 Å². The Hall–Kier alpha value is -4.13. The van der Waals surface area contributed by atoms with Gasteiger partial charge in [-0.25, -0.2) is 4.79 Å². The van der Waals surface area contributed by atoms with Crippen molar-refractivity contribution in [2.24, 2.45) is 0 Å². The minimum atomic E-state index is -1.18. The van der Waals surface area contributed by atoms with Gasteiger partial charge in [-0.05, 0) is 36.4 Å². The molecular formula is C22H16N2O5. The number of carbonyl (C=O) groups is 3.